The maximum Gasteiger partial charge on any atom is 1.00 e. The van der Waals surface area contributed by atoms with Gasteiger partial charge in [-0.1, -0.05) is 0 Å². The fourth-order valence-corrected chi connectivity index (χ4v) is 0. The van der Waals surface area contributed by atoms with Gasteiger partial charge in [0.2, 0.25) is 0 Å². The van der Waals surface area contributed by atoms with E-state index in [0.717, 1.165) is 0 Å². The van der Waals surface area contributed by atoms with E-state index in [4.69, 9.17) is 30.6 Å². The second-order valence-electron chi connectivity index (χ2n) is 0.461. The van der Waals surface area contributed by atoms with Crippen molar-refractivity contribution >= 4 is 0 Å². The maximum absolute atomic E-state index is 8.36. The summed E-state index contributed by atoms with van der Waals surface area (Å²) in [5.41, 5.74) is 0. The van der Waals surface area contributed by atoms with Gasteiger partial charge in [-0.05, 0) is 0 Å². The standard InChI is InChI=1S/HNO3.NO3.H3N.Zn/c2*2-1(3)4;;/h(H,2,3,4);;1H3;/q;-1;;+1. The van der Waals surface area contributed by atoms with Gasteiger partial charge in [0.1, 0.15) is 0 Å². The van der Waals surface area contributed by atoms with Gasteiger partial charge in [-0.2, -0.15) is 0 Å². The third-order valence-electron chi connectivity index (χ3n) is 0. The van der Waals surface area contributed by atoms with Crippen LogP contribution in [0.3, 0.4) is 0 Å². The second kappa shape index (κ2) is 15.7. The zero-order chi connectivity index (χ0) is 7.15. The Morgan fingerprint density at radius 2 is 1.10 bits per heavy atom. The minimum absolute atomic E-state index is 0. The van der Waals surface area contributed by atoms with Crippen molar-refractivity contribution in [3.8, 4) is 0 Å². The molecule has 4 N–H and O–H groups in total. The van der Waals surface area contributed by atoms with E-state index >= 15 is 0 Å². The Kier molecular flexibility index (Phi) is 36.1. The Morgan fingerprint density at radius 1 is 1.10 bits per heavy atom. The van der Waals surface area contributed by atoms with Crippen LogP contribution < -0.4 is 6.15 Å². The predicted octanol–water partition coefficient (Wildman–Crippen LogP) is -0.427. The predicted molar refractivity (Wildman–Crippen MR) is 24.2 cm³/mol. The average Bonchev–Trinajstić information content (AvgIpc) is 1.25. The minimum Gasteiger partial charge on any atom is -0.356 e. The summed E-state index contributed by atoms with van der Waals surface area (Å²) in [7, 11) is 0. The summed E-state index contributed by atoms with van der Waals surface area (Å²) in [6.07, 6.45) is 0. The molecule has 0 spiro atoms. The molecule has 0 heterocycles. The molecule has 0 rings (SSSR count). The van der Waals surface area contributed by atoms with Crippen molar-refractivity contribution in [1.82, 2.24) is 6.15 Å². The largest absolute Gasteiger partial charge is 1.00 e. The fourth-order valence-electron chi connectivity index (χ4n) is 0. The van der Waals surface area contributed by atoms with Gasteiger partial charge in [0, 0.05) is 0 Å². The summed E-state index contributed by atoms with van der Waals surface area (Å²) in [5, 5.41) is 28.4. The van der Waals surface area contributed by atoms with Crippen LogP contribution in [0, 0.1) is 25.4 Å². The molecule has 10 heteroatoms. The molecule has 0 atom stereocenters. The molecule has 0 saturated heterocycles. The number of hydrogen-bond acceptors (Lipinski definition) is 6. The number of nitrogens with zero attached hydrogens (tertiary/aromatic N) is 2. The van der Waals surface area contributed by atoms with E-state index < -0.39 is 10.2 Å². The van der Waals surface area contributed by atoms with Crippen LogP contribution in [0.1, 0.15) is 0 Å². The number of rotatable bonds is 0. The first kappa shape index (κ1) is 23.1. The zero-order valence-corrected chi connectivity index (χ0v) is 7.76. The minimum atomic E-state index is -1.75. The van der Waals surface area contributed by atoms with Gasteiger partial charge < -0.3 is 26.7 Å². The van der Waals surface area contributed by atoms with E-state index in [9.17, 15) is 0 Å². The van der Waals surface area contributed by atoms with Crippen LogP contribution in [-0.2, 0) is 19.5 Å². The molecule has 9 nitrogen and oxygen atoms in total. The first-order valence-electron chi connectivity index (χ1n) is 1.11. The van der Waals surface area contributed by atoms with Gasteiger partial charge in [-0.3, -0.25) is 0 Å². The van der Waals surface area contributed by atoms with Crippen LogP contribution in [0.2, 0.25) is 0 Å². The molecule has 0 aromatic carbocycles. The van der Waals surface area contributed by atoms with E-state index in [1.54, 1.807) is 0 Å². The van der Waals surface area contributed by atoms with E-state index in [1.165, 1.54) is 0 Å². The topological polar surface area (TPSA) is 165 Å². The zero-order valence-electron chi connectivity index (χ0n) is 4.80. The van der Waals surface area contributed by atoms with Gasteiger partial charge in [0.25, 0.3) is 5.09 Å². The summed E-state index contributed by atoms with van der Waals surface area (Å²) in [5.74, 6) is 0. The maximum atomic E-state index is 8.36. The normalized spacial score (nSPS) is 4.80. The molecule has 0 aliphatic rings. The van der Waals surface area contributed by atoms with Gasteiger partial charge in [-0.25, -0.2) is 0 Å². The molecule has 0 aliphatic carbocycles. The van der Waals surface area contributed by atoms with Crippen LogP contribution in [0.25, 0.3) is 0 Å². The van der Waals surface area contributed by atoms with Crippen molar-refractivity contribution in [2.24, 2.45) is 0 Å². The smallest absolute Gasteiger partial charge is 0.356 e. The van der Waals surface area contributed by atoms with Crippen LogP contribution in [0.15, 0.2) is 0 Å². The summed E-state index contributed by atoms with van der Waals surface area (Å²) in [6, 6.07) is 0. The van der Waals surface area contributed by atoms with Crippen LogP contribution >= 0.6 is 0 Å². The molecule has 0 amide bonds. The van der Waals surface area contributed by atoms with Crippen molar-refractivity contribution < 1.29 is 34.9 Å². The van der Waals surface area contributed by atoms with Crippen molar-refractivity contribution in [3.05, 3.63) is 25.4 Å². The Labute approximate surface area is 67.2 Å². The van der Waals surface area contributed by atoms with E-state index in [1.807, 2.05) is 0 Å². The number of hydrogen-bond donors (Lipinski definition) is 2. The molecule has 57 valence electrons. The van der Waals surface area contributed by atoms with Crippen molar-refractivity contribution in [1.29, 1.82) is 0 Å². The Hall–Kier alpha value is -1.02. The molecule has 0 fully saturated rings. The second-order valence-corrected chi connectivity index (χ2v) is 0.461. The molecule has 0 unspecified atom stereocenters. The van der Waals surface area contributed by atoms with Crippen molar-refractivity contribution in [2.45, 2.75) is 0 Å². The van der Waals surface area contributed by atoms with Gasteiger partial charge in [-0.15, -0.1) is 10.1 Å². The average molecular weight is 207 g/mol. The summed E-state index contributed by atoms with van der Waals surface area (Å²) in [6.45, 7) is 0. The van der Waals surface area contributed by atoms with E-state index in [-0.39, 0.29) is 25.6 Å². The first-order valence-corrected chi connectivity index (χ1v) is 1.11. The van der Waals surface area contributed by atoms with Gasteiger partial charge in [0.05, 0.1) is 5.09 Å². The van der Waals surface area contributed by atoms with E-state index in [0.29, 0.717) is 0 Å². The van der Waals surface area contributed by atoms with E-state index in [2.05, 4.69) is 0 Å². The summed E-state index contributed by atoms with van der Waals surface area (Å²) >= 11 is 0. The molecule has 0 bridgehead atoms. The molecular weight excluding hydrogens is 203 g/mol. The summed E-state index contributed by atoms with van der Waals surface area (Å²) in [4.78, 5) is 16.6. The summed E-state index contributed by atoms with van der Waals surface area (Å²) < 4.78 is 0. The molecule has 0 saturated carbocycles. The Morgan fingerprint density at radius 3 is 1.10 bits per heavy atom. The van der Waals surface area contributed by atoms with Gasteiger partial charge >= 0.3 is 19.5 Å². The molecule has 0 aliphatic heterocycles. The van der Waals surface area contributed by atoms with Crippen molar-refractivity contribution in [2.75, 3.05) is 0 Å². The van der Waals surface area contributed by atoms with Crippen molar-refractivity contribution in [3.63, 3.8) is 0 Å². The Bertz CT molecular complexity index is 71.0. The molecule has 1 radical (unpaired) electrons. The third-order valence-corrected chi connectivity index (χ3v) is 0. The van der Waals surface area contributed by atoms with Gasteiger partial charge in [0.15, 0.2) is 0 Å². The first-order chi connectivity index (χ1) is 3.46. The third kappa shape index (κ3) is 242. The quantitative estimate of drug-likeness (QED) is 0.309. The van der Waals surface area contributed by atoms with Crippen LogP contribution in [0.5, 0.6) is 0 Å². The fraction of sp³-hybridized carbons (Fsp3) is 0. The molecule has 0 aromatic heterocycles. The SMILES string of the molecule is N.O=[N+]([O-])O.O=[N+]([O-])[O-].[Zn+]. The van der Waals surface area contributed by atoms with Crippen LogP contribution in [-0.4, -0.2) is 15.4 Å². The molecule has 10 heavy (non-hydrogen) atoms. The molecule has 0 aromatic rings. The Balaban J connectivity index is -0.0000000300. The monoisotopic (exact) mass is 206 g/mol. The molecular formula is H4N3O6Zn. The van der Waals surface area contributed by atoms with Crippen LogP contribution in [0.4, 0.5) is 0 Å².